The van der Waals surface area contributed by atoms with Gasteiger partial charge < -0.3 is 40.2 Å². The third-order valence-electron chi connectivity index (χ3n) is 11.9. The van der Waals surface area contributed by atoms with Crippen molar-refractivity contribution < 1.29 is 49.0 Å². The maximum Gasteiger partial charge on any atom is 1.00 e. The average Bonchev–Trinajstić information content (AvgIpc) is 3.79. The second-order valence-corrected chi connectivity index (χ2v) is 16.9. The number of piperidine rings is 2. The molecular formula is C44H55Cl3N10NaO8+. The van der Waals surface area contributed by atoms with Gasteiger partial charge in [-0.05, 0) is 48.9 Å². The number of halogens is 3. The van der Waals surface area contributed by atoms with E-state index in [0.29, 0.717) is 47.9 Å². The second kappa shape index (κ2) is 21.9. The molecular weight excluding hydrogens is 926 g/mol. The number of fused-ring (bicyclic) bond motifs is 2. The number of nitrogens with zero attached hydrogens (tertiary/aromatic N) is 8. The van der Waals surface area contributed by atoms with E-state index in [9.17, 15) is 33.9 Å². The monoisotopic (exact) mass is 979 g/mol. The quantitative estimate of drug-likeness (QED) is 0.143. The van der Waals surface area contributed by atoms with Crippen LogP contribution in [-0.4, -0.2) is 89.8 Å². The van der Waals surface area contributed by atoms with Gasteiger partial charge >= 0.3 is 52.9 Å². The van der Waals surface area contributed by atoms with Gasteiger partial charge in [-0.15, -0.1) is 12.4 Å². The van der Waals surface area contributed by atoms with Gasteiger partial charge in [0.05, 0.1) is 31.2 Å². The van der Waals surface area contributed by atoms with Gasteiger partial charge in [0.2, 0.25) is 0 Å². The minimum atomic E-state index is -1.21. The molecule has 6 aromatic rings. The van der Waals surface area contributed by atoms with Gasteiger partial charge in [0, 0.05) is 76.5 Å². The first-order chi connectivity index (χ1) is 30.0. The molecule has 5 N–H and O–H groups in total. The Kier molecular flexibility index (Phi) is 17.8. The molecule has 0 aliphatic carbocycles. The minimum absolute atomic E-state index is 0. The average molecular weight is 981 g/mol. The second-order valence-electron chi connectivity index (χ2n) is 16.1. The zero-order valence-corrected chi connectivity index (χ0v) is 41.4. The van der Waals surface area contributed by atoms with Crippen molar-refractivity contribution in [1.29, 1.82) is 0 Å². The summed E-state index contributed by atoms with van der Waals surface area (Å²) in [7, 11) is 7.10. The summed E-state index contributed by atoms with van der Waals surface area (Å²) in [6, 6.07) is 14.3. The Labute approximate surface area is 418 Å². The number of hydrogen-bond donors (Lipinski definition) is 3. The molecule has 0 saturated carbocycles. The number of carbonyl (C=O) groups is 2. The summed E-state index contributed by atoms with van der Waals surface area (Å²) in [6.45, 7) is 2.63. The molecule has 0 amide bonds. The number of anilines is 2. The fourth-order valence-corrected chi connectivity index (χ4v) is 9.25. The maximum absolute atomic E-state index is 13.3. The van der Waals surface area contributed by atoms with Crippen molar-refractivity contribution in [2.24, 2.45) is 39.7 Å². The summed E-state index contributed by atoms with van der Waals surface area (Å²) in [5.41, 5.74) is 12.6. The third-order valence-corrected chi connectivity index (χ3v) is 12.7. The van der Waals surface area contributed by atoms with Crippen molar-refractivity contribution in [2.75, 3.05) is 43.1 Å². The Morgan fingerprint density at radius 2 is 1.05 bits per heavy atom. The number of nitrogens with two attached hydrogens (primary N) is 2. The van der Waals surface area contributed by atoms with E-state index in [4.69, 9.17) is 39.4 Å². The largest absolute Gasteiger partial charge is 1.00 e. The molecule has 2 aliphatic rings. The number of carboxylic acids is 1. The van der Waals surface area contributed by atoms with Crippen molar-refractivity contribution in [3.8, 4) is 0 Å². The van der Waals surface area contributed by atoms with Crippen LogP contribution in [0.5, 0.6) is 0 Å². The zero-order chi connectivity index (χ0) is 45.6. The Morgan fingerprint density at radius 3 is 1.41 bits per heavy atom. The fourth-order valence-electron chi connectivity index (χ4n) is 8.86. The van der Waals surface area contributed by atoms with E-state index in [1.807, 2.05) is 40.1 Å². The number of ether oxygens (including phenoxy) is 1. The van der Waals surface area contributed by atoms with Gasteiger partial charge in [-0.2, -0.15) is 0 Å². The molecule has 0 unspecified atom stereocenters. The molecule has 4 aromatic heterocycles. The molecule has 2 saturated heterocycles. The summed E-state index contributed by atoms with van der Waals surface area (Å²) >= 11 is 12.8. The molecule has 22 heteroatoms. The summed E-state index contributed by atoms with van der Waals surface area (Å²) < 4.78 is 13.1. The van der Waals surface area contributed by atoms with E-state index < -0.39 is 34.4 Å². The Balaban J connectivity index is 0.000000276. The fraction of sp³-hybridized carbons (Fsp3) is 0.409. The number of esters is 1. The number of hydrogen-bond acceptors (Lipinski definition) is 11. The number of carboxylic acid groups (broad SMARTS) is 1. The number of aryl methyl sites for hydroxylation is 2. The first-order valence-electron chi connectivity index (χ1n) is 20.4. The normalized spacial score (nSPS) is 15.9. The van der Waals surface area contributed by atoms with Crippen LogP contribution in [0.25, 0.3) is 22.1 Å². The van der Waals surface area contributed by atoms with E-state index in [1.54, 1.807) is 34.4 Å². The number of methoxy groups -OCH3 is 1. The molecule has 350 valence electrons. The van der Waals surface area contributed by atoms with Crippen molar-refractivity contribution in [2.45, 2.75) is 58.3 Å². The molecule has 6 heterocycles. The number of benzene rings is 2. The maximum atomic E-state index is 13.3. The summed E-state index contributed by atoms with van der Waals surface area (Å²) in [5, 5.41) is 11.2. The number of rotatable bonds is 8. The Morgan fingerprint density at radius 1 is 0.667 bits per heavy atom. The molecule has 0 bridgehead atoms. The molecule has 0 spiro atoms. The van der Waals surface area contributed by atoms with Gasteiger partial charge in [0.15, 0.2) is 0 Å². The van der Waals surface area contributed by atoms with E-state index in [0.717, 1.165) is 45.9 Å². The summed E-state index contributed by atoms with van der Waals surface area (Å²) in [4.78, 5) is 81.2. The van der Waals surface area contributed by atoms with Crippen LogP contribution in [0.15, 0.2) is 67.7 Å². The molecule has 2 atom stereocenters. The number of carbonyl (C=O) groups excluding carboxylic acids is 1. The van der Waals surface area contributed by atoms with Gasteiger partial charge in [0.1, 0.15) is 33.8 Å². The van der Waals surface area contributed by atoms with Crippen molar-refractivity contribution in [3.63, 3.8) is 0 Å². The van der Waals surface area contributed by atoms with Crippen molar-refractivity contribution >= 4 is 81.3 Å². The van der Waals surface area contributed by atoms with Crippen LogP contribution in [0.1, 0.15) is 65.0 Å². The molecule has 18 nitrogen and oxygen atoms in total. The molecule has 2 aliphatic heterocycles. The number of aromatic nitrogens is 6. The van der Waals surface area contributed by atoms with Crippen LogP contribution < -0.4 is 73.3 Å². The minimum Gasteiger partial charge on any atom is -0.477 e. The standard InChI is InChI=1S/C22H26ClN5O4.C21H24ClN5O4.CH4.ClH.Na/c1-25-17-16(21(30)32-3)19(27-10-6-8-14(24)12-27)28(11-13-7-4-5-9-15(13)23)18(17)20(29)26(2)22(25)31;1-24-16-15(20(29)30)18(26-9-5-7-13(23)11-26)27(10-12-6-3-4-8-14(12)22)17(16)19(28)25(2)21(24)31;;;/h4-5,7,9,14H,6,8,10-12,24H2,1-3H3;3-4,6,8,13H,5,7,9-11,23H2,1-2H3,(H,29,30);1H4;1H;/q;;;;+1/t14-;13-;;;/m11.../s1. The van der Waals surface area contributed by atoms with E-state index >= 15 is 0 Å². The van der Waals surface area contributed by atoms with Crippen molar-refractivity contribution in [1.82, 2.24) is 27.4 Å². The van der Waals surface area contributed by atoms with Crippen LogP contribution in [0.3, 0.4) is 0 Å². The van der Waals surface area contributed by atoms with Gasteiger partial charge in [0.25, 0.3) is 11.1 Å². The SMILES string of the molecule is C.COC(=O)c1c(N2CCC[C@@H](N)C2)n(Cc2ccccc2Cl)c2c(=O)n(C)c(=O)n(C)c12.Cl.Cn1c(=O)c2c(c(C(=O)O)c(N3CCC[C@@H](N)C3)n2Cc2ccccc2Cl)n(C)c1=O.[Na+]. The predicted molar refractivity (Wildman–Crippen MR) is 257 cm³/mol. The molecule has 66 heavy (non-hydrogen) atoms. The summed E-state index contributed by atoms with van der Waals surface area (Å²) in [6.07, 6.45) is 3.34. The summed E-state index contributed by atoms with van der Waals surface area (Å²) in [5.74, 6) is -0.943. The Hall–Kier alpha value is -4.79. The van der Waals surface area contributed by atoms with Gasteiger partial charge in [-0.1, -0.05) is 67.0 Å². The van der Waals surface area contributed by atoms with E-state index in [2.05, 4.69) is 0 Å². The van der Waals surface area contributed by atoms with E-state index in [-0.39, 0.29) is 108 Å². The van der Waals surface area contributed by atoms with Gasteiger partial charge in [-0.25, -0.2) is 19.2 Å². The Bertz CT molecular complexity index is 3050. The third kappa shape index (κ3) is 9.78. The molecule has 2 fully saturated rings. The predicted octanol–water partition coefficient (Wildman–Crippen LogP) is 0.883. The molecule has 2 aromatic carbocycles. The van der Waals surface area contributed by atoms with Crippen LogP contribution in [0.2, 0.25) is 10.0 Å². The van der Waals surface area contributed by atoms with Crippen molar-refractivity contribution in [3.05, 3.63) is 123 Å². The number of aromatic carboxylic acids is 1. The van der Waals surface area contributed by atoms with Gasteiger partial charge in [-0.3, -0.25) is 27.9 Å². The zero-order valence-electron chi connectivity index (χ0n) is 37.0. The van der Waals surface area contributed by atoms with E-state index in [1.165, 1.54) is 37.4 Å². The topological polar surface area (TPSA) is 220 Å². The smallest absolute Gasteiger partial charge is 0.477 e. The van der Waals surface area contributed by atoms with Crippen LogP contribution in [0, 0.1) is 0 Å². The molecule has 8 rings (SSSR count). The first-order valence-corrected chi connectivity index (χ1v) is 21.2. The first kappa shape index (κ1) is 53.8. The molecule has 0 radical (unpaired) electrons. The van der Waals surface area contributed by atoms with Crippen LogP contribution in [0.4, 0.5) is 11.6 Å². The van der Waals surface area contributed by atoms with Crippen LogP contribution in [-0.2, 0) is 46.0 Å². The van der Waals surface area contributed by atoms with Crippen LogP contribution >= 0.6 is 35.6 Å².